The first-order valence-electron chi connectivity index (χ1n) is 7.77. The van der Waals surface area contributed by atoms with Crippen molar-refractivity contribution in [1.82, 2.24) is 15.6 Å². The SMILES string of the molecule is Cc1cccc2[nH]cc(CCNC(=O)CNCC3CC3)c12. The molecule has 1 saturated carbocycles. The topological polar surface area (TPSA) is 56.9 Å². The molecule has 0 atom stereocenters. The Kier molecular flexibility index (Phi) is 4.25. The van der Waals surface area contributed by atoms with Crippen molar-refractivity contribution >= 4 is 16.8 Å². The van der Waals surface area contributed by atoms with Crippen molar-refractivity contribution in [3.63, 3.8) is 0 Å². The van der Waals surface area contributed by atoms with Gasteiger partial charge in [-0.1, -0.05) is 12.1 Å². The fraction of sp³-hybridized carbons (Fsp3) is 0.471. The summed E-state index contributed by atoms with van der Waals surface area (Å²) in [5.74, 6) is 0.902. The lowest BCUT2D eigenvalue weighted by atomic mass is 10.1. The number of H-pyrrole nitrogens is 1. The van der Waals surface area contributed by atoms with Gasteiger partial charge in [0, 0.05) is 23.6 Å². The van der Waals surface area contributed by atoms with Crippen molar-refractivity contribution < 1.29 is 4.79 Å². The Labute approximate surface area is 125 Å². The molecule has 1 heterocycles. The number of amides is 1. The van der Waals surface area contributed by atoms with Crippen molar-refractivity contribution in [2.24, 2.45) is 5.92 Å². The van der Waals surface area contributed by atoms with E-state index >= 15 is 0 Å². The molecule has 1 fully saturated rings. The molecule has 1 amide bonds. The lowest BCUT2D eigenvalue weighted by Crippen LogP contribution is -2.35. The number of aromatic amines is 1. The average molecular weight is 285 g/mol. The second-order valence-electron chi connectivity index (χ2n) is 5.99. The molecule has 0 saturated heterocycles. The highest BCUT2D eigenvalue weighted by atomic mass is 16.1. The minimum absolute atomic E-state index is 0.0900. The number of hydrogen-bond donors (Lipinski definition) is 3. The zero-order valence-corrected chi connectivity index (χ0v) is 12.5. The minimum atomic E-state index is 0.0900. The minimum Gasteiger partial charge on any atom is -0.361 e. The van der Waals surface area contributed by atoms with Gasteiger partial charge in [-0.2, -0.15) is 0 Å². The van der Waals surface area contributed by atoms with E-state index in [0.717, 1.165) is 18.9 Å². The van der Waals surface area contributed by atoms with Gasteiger partial charge in [0.2, 0.25) is 5.91 Å². The summed E-state index contributed by atoms with van der Waals surface area (Å²) in [6.45, 7) is 4.23. The number of rotatable bonds is 7. The van der Waals surface area contributed by atoms with Gasteiger partial charge in [0.1, 0.15) is 0 Å². The van der Waals surface area contributed by atoms with Crippen molar-refractivity contribution in [3.8, 4) is 0 Å². The van der Waals surface area contributed by atoms with Crippen molar-refractivity contribution in [2.45, 2.75) is 26.2 Å². The third-order valence-electron chi connectivity index (χ3n) is 4.13. The molecule has 1 aromatic heterocycles. The number of benzene rings is 1. The van der Waals surface area contributed by atoms with E-state index in [1.54, 1.807) is 0 Å². The molecule has 3 rings (SSSR count). The molecule has 0 unspecified atom stereocenters. The van der Waals surface area contributed by atoms with E-state index in [1.807, 2.05) is 0 Å². The number of carbonyl (C=O) groups excluding carboxylic acids is 1. The van der Waals surface area contributed by atoms with Crippen LogP contribution in [0, 0.1) is 12.8 Å². The molecule has 1 aliphatic carbocycles. The third kappa shape index (κ3) is 3.64. The number of aryl methyl sites for hydroxylation is 1. The van der Waals surface area contributed by atoms with Crippen molar-refractivity contribution in [1.29, 1.82) is 0 Å². The Hall–Kier alpha value is -1.81. The predicted molar refractivity (Wildman–Crippen MR) is 85.3 cm³/mol. The zero-order valence-electron chi connectivity index (χ0n) is 12.5. The highest BCUT2D eigenvalue weighted by molar-refractivity contribution is 5.86. The standard InChI is InChI=1S/C17H23N3O/c1-12-3-2-4-15-17(12)14(10-20-15)7-8-19-16(21)11-18-9-13-5-6-13/h2-4,10,13,18,20H,5-9,11H2,1H3,(H,19,21). The highest BCUT2D eigenvalue weighted by Gasteiger charge is 2.20. The van der Waals surface area contributed by atoms with E-state index in [-0.39, 0.29) is 5.91 Å². The lowest BCUT2D eigenvalue weighted by Gasteiger charge is -2.06. The summed E-state index contributed by atoms with van der Waals surface area (Å²) in [5.41, 5.74) is 3.72. The molecule has 1 aliphatic rings. The molecule has 4 heteroatoms. The Morgan fingerprint density at radius 1 is 1.38 bits per heavy atom. The molecule has 3 N–H and O–H groups in total. The van der Waals surface area contributed by atoms with Crippen LogP contribution in [0.3, 0.4) is 0 Å². The maximum absolute atomic E-state index is 11.7. The predicted octanol–water partition coefficient (Wildman–Crippen LogP) is 2.13. The Morgan fingerprint density at radius 2 is 2.24 bits per heavy atom. The summed E-state index contributed by atoms with van der Waals surface area (Å²) >= 11 is 0. The summed E-state index contributed by atoms with van der Waals surface area (Å²) in [6.07, 6.45) is 5.54. The molecule has 21 heavy (non-hydrogen) atoms. The number of hydrogen-bond acceptors (Lipinski definition) is 2. The van der Waals surface area contributed by atoms with E-state index in [2.05, 4.69) is 46.9 Å². The van der Waals surface area contributed by atoms with Gasteiger partial charge < -0.3 is 15.6 Å². The largest absolute Gasteiger partial charge is 0.361 e. The summed E-state index contributed by atoms with van der Waals surface area (Å²) in [4.78, 5) is 15.0. The monoisotopic (exact) mass is 285 g/mol. The van der Waals surface area contributed by atoms with Crippen LogP contribution in [-0.4, -0.2) is 30.5 Å². The third-order valence-corrected chi connectivity index (χ3v) is 4.13. The van der Waals surface area contributed by atoms with E-state index in [9.17, 15) is 4.79 Å². The molecule has 0 radical (unpaired) electrons. The Bertz CT molecular complexity index is 628. The molecule has 1 aromatic carbocycles. The maximum atomic E-state index is 11.7. The number of aromatic nitrogens is 1. The van der Waals surface area contributed by atoms with Crippen LogP contribution in [0.1, 0.15) is 24.0 Å². The van der Waals surface area contributed by atoms with Gasteiger partial charge in [0.15, 0.2) is 0 Å². The quantitative estimate of drug-likeness (QED) is 0.730. The molecule has 4 nitrogen and oxygen atoms in total. The normalized spacial score (nSPS) is 14.5. The highest BCUT2D eigenvalue weighted by Crippen LogP contribution is 2.27. The molecular formula is C17H23N3O. The molecule has 0 bridgehead atoms. The van der Waals surface area contributed by atoms with Gasteiger partial charge >= 0.3 is 0 Å². The van der Waals surface area contributed by atoms with Gasteiger partial charge in [-0.15, -0.1) is 0 Å². The Balaban J connectivity index is 1.46. The van der Waals surface area contributed by atoms with E-state index < -0.39 is 0 Å². The molecule has 112 valence electrons. The van der Waals surface area contributed by atoms with Crippen LogP contribution >= 0.6 is 0 Å². The van der Waals surface area contributed by atoms with Crippen molar-refractivity contribution in [3.05, 3.63) is 35.5 Å². The molecular weight excluding hydrogens is 262 g/mol. The van der Waals surface area contributed by atoms with Gasteiger partial charge in [-0.3, -0.25) is 4.79 Å². The van der Waals surface area contributed by atoms with Crippen LogP contribution in [0.4, 0.5) is 0 Å². The van der Waals surface area contributed by atoms with Crippen molar-refractivity contribution in [2.75, 3.05) is 19.6 Å². The molecule has 2 aromatic rings. The first-order valence-corrected chi connectivity index (χ1v) is 7.77. The summed E-state index contributed by atoms with van der Waals surface area (Å²) in [7, 11) is 0. The van der Waals surface area contributed by atoms with Crippen LogP contribution in [0.25, 0.3) is 10.9 Å². The fourth-order valence-corrected chi connectivity index (χ4v) is 2.76. The summed E-state index contributed by atoms with van der Waals surface area (Å²) in [6, 6.07) is 6.28. The van der Waals surface area contributed by atoms with Crippen LogP contribution in [0.5, 0.6) is 0 Å². The smallest absolute Gasteiger partial charge is 0.233 e. The van der Waals surface area contributed by atoms with Gasteiger partial charge in [0.05, 0.1) is 6.54 Å². The molecule has 0 spiro atoms. The van der Waals surface area contributed by atoms with Crippen LogP contribution in [0.2, 0.25) is 0 Å². The maximum Gasteiger partial charge on any atom is 0.233 e. The van der Waals surface area contributed by atoms with Gasteiger partial charge in [-0.05, 0) is 55.8 Å². The van der Waals surface area contributed by atoms with Gasteiger partial charge in [0.25, 0.3) is 0 Å². The first-order chi connectivity index (χ1) is 10.2. The van der Waals surface area contributed by atoms with E-state index in [1.165, 1.54) is 34.9 Å². The molecule has 0 aliphatic heterocycles. The van der Waals surface area contributed by atoms with Crippen LogP contribution in [0.15, 0.2) is 24.4 Å². The summed E-state index contributed by atoms with van der Waals surface area (Å²) < 4.78 is 0. The van der Waals surface area contributed by atoms with Crippen LogP contribution in [-0.2, 0) is 11.2 Å². The first kappa shape index (κ1) is 14.1. The van der Waals surface area contributed by atoms with Crippen LogP contribution < -0.4 is 10.6 Å². The van der Waals surface area contributed by atoms with E-state index in [0.29, 0.717) is 13.1 Å². The number of fused-ring (bicyclic) bond motifs is 1. The second kappa shape index (κ2) is 6.31. The lowest BCUT2D eigenvalue weighted by molar-refractivity contribution is -0.120. The van der Waals surface area contributed by atoms with Gasteiger partial charge in [-0.25, -0.2) is 0 Å². The Morgan fingerprint density at radius 3 is 3.05 bits per heavy atom. The average Bonchev–Trinajstić information content (AvgIpc) is 3.19. The van der Waals surface area contributed by atoms with E-state index in [4.69, 9.17) is 0 Å². The zero-order chi connectivity index (χ0) is 14.7. The second-order valence-corrected chi connectivity index (χ2v) is 5.99. The number of carbonyl (C=O) groups is 1. The number of nitrogens with one attached hydrogen (secondary N) is 3. The summed E-state index contributed by atoms with van der Waals surface area (Å²) in [5, 5.41) is 7.49. The fourth-order valence-electron chi connectivity index (χ4n) is 2.76.